The monoisotopic (exact) mass is 450 g/mol. The van der Waals surface area contributed by atoms with Gasteiger partial charge in [-0.3, -0.25) is 14.4 Å². The number of H-pyrrole nitrogens is 1. The maximum Gasteiger partial charge on any atom is 0.301 e. The highest BCUT2D eigenvalue weighted by atomic mass is 35.5. The van der Waals surface area contributed by atoms with Gasteiger partial charge in [0, 0.05) is 11.3 Å². The number of hydrogen-bond acceptors (Lipinski definition) is 7. The Hall–Kier alpha value is -2.89. The summed E-state index contributed by atoms with van der Waals surface area (Å²) in [6.45, 7) is 5.48. The second-order valence-corrected chi connectivity index (χ2v) is 8.30. The third-order valence-electron chi connectivity index (χ3n) is 4.29. The van der Waals surface area contributed by atoms with Crippen molar-refractivity contribution in [1.82, 2.24) is 19.7 Å². The van der Waals surface area contributed by atoms with Gasteiger partial charge in [-0.1, -0.05) is 24.9 Å². The first-order valence-electron chi connectivity index (χ1n) is 8.96. The van der Waals surface area contributed by atoms with E-state index in [1.54, 1.807) is 13.8 Å². The minimum atomic E-state index is -4.30. The van der Waals surface area contributed by atoms with Crippen LogP contribution in [-0.4, -0.2) is 32.7 Å². The first kappa shape index (κ1) is 21.8. The molecule has 0 aliphatic heterocycles. The van der Waals surface area contributed by atoms with Crippen LogP contribution in [0.1, 0.15) is 30.3 Å². The van der Waals surface area contributed by atoms with E-state index in [9.17, 15) is 13.2 Å². The van der Waals surface area contributed by atoms with Crippen molar-refractivity contribution < 1.29 is 13.0 Å². The largest absolute Gasteiger partial charge is 0.301 e. The lowest BCUT2D eigenvalue weighted by molar-refractivity contribution is 0.483. The van der Waals surface area contributed by atoms with Crippen molar-refractivity contribution in [2.45, 2.75) is 38.5 Å². The predicted molar refractivity (Wildman–Crippen MR) is 111 cm³/mol. The van der Waals surface area contributed by atoms with Crippen molar-refractivity contribution in [2.24, 2.45) is 10.2 Å². The first-order chi connectivity index (χ1) is 14.1. The van der Waals surface area contributed by atoms with Gasteiger partial charge in [-0.15, -0.1) is 5.11 Å². The number of nitrogens with zero attached hydrogens (tertiary/aromatic N) is 5. The number of nitrogens with one attached hydrogen (secondary N) is 1. The van der Waals surface area contributed by atoms with Crippen molar-refractivity contribution >= 4 is 33.1 Å². The zero-order valence-corrected chi connectivity index (χ0v) is 18.0. The van der Waals surface area contributed by atoms with Gasteiger partial charge in [0.1, 0.15) is 5.15 Å². The fourth-order valence-corrected chi connectivity index (χ4v) is 3.56. The van der Waals surface area contributed by atoms with Crippen LogP contribution in [-0.2, 0) is 16.5 Å². The topological polar surface area (TPSA) is 143 Å². The van der Waals surface area contributed by atoms with Crippen molar-refractivity contribution in [3.63, 3.8) is 0 Å². The van der Waals surface area contributed by atoms with E-state index in [1.165, 1.54) is 24.3 Å². The highest BCUT2D eigenvalue weighted by Gasteiger charge is 2.17. The standard InChI is InChI=1S/C18H19ClN6O4S/c1-4-5-14-10(2)20-18(21-16(14)19)25-17(26)15(11(3)24-25)23-22-12-6-8-13(9-7-12)30(27,28)29/h6-9,24H,4-5H2,1-3H3,(H,27,28,29). The molecular formula is C18H19ClN6O4S. The lowest BCUT2D eigenvalue weighted by Crippen LogP contribution is -2.18. The van der Waals surface area contributed by atoms with Gasteiger partial charge in [0.15, 0.2) is 5.69 Å². The van der Waals surface area contributed by atoms with Gasteiger partial charge in [-0.25, -0.2) is 4.98 Å². The molecule has 2 aromatic heterocycles. The zero-order valence-electron chi connectivity index (χ0n) is 16.4. The highest BCUT2D eigenvalue weighted by molar-refractivity contribution is 7.85. The molecule has 0 atom stereocenters. The van der Waals surface area contributed by atoms with Gasteiger partial charge >= 0.3 is 5.56 Å². The number of rotatable bonds is 6. The molecule has 0 aliphatic carbocycles. The van der Waals surface area contributed by atoms with Crippen LogP contribution in [0.5, 0.6) is 0 Å². The average molecular weight is 451 g/mol. The molecule has 10 nitrogen and oxygen atoms in total. The van der Waals surface area contributed by atoms with Crippen molar-refractivity contribution in [2.75, 3.05) is 0 Å². The molecule has 0 saturated heterocycles. The summed E-state index contributed by atoms with van der Waals surface area (Å²) in [6.07, 6.45) is 1.63. The SMILES string of the molecule is CCCc1c(C)nc(-n2[nH]c(C)c(N=Nc3ccc(S(=O)(=O)O)cc3)c2=O)nc1Cl. The van der Waals surface area contributed by atoms with E-state index in [4.69, 9.17) is 16.2 Å². The predicted octanol–water partition coefficient (Wildman–Crippen LogP) is 3.84. The van der Waals surface area contributed by atoms with Crippen molar-refractivity contribution in [3.05, 3.63) is 56.7 Å². The molecule has 30 heavy (non-hydrogen) atoms. The van der Waals surface area contributed by atoms with Crippen molar-refractivity contribution in [1.29, 1.82) is 0 Å². The smallest absolute Gasteiger partial charge is 0.290 e. The number of halogens is 1. The Morgan fingerprint density at radius 2 is 1.83 bits per heavy atom. The molecular weight excluding hydrogens is 432 g/mol. The summed E-state index contributed by atoms with van der Waals surface area (Å²) in [7, 11) is -4.30. The van der Waals surface area contributed by atoms with E-state index in [0.717, 1.165) is 23.1 Å². The summed E-state index contributed by atoms with van der Waals surface area (Å²) in [5.74, 6) is 0.101. The summed E-state index contributed by atoms with van der Waals surface area (Å²) < 4.78 is 32.3. The molecule has 0 radical (unpaired) electrons. The molecule has 3 aromatic rings. The summed E-state index contributed by atoms with van der Waals surface area (Å²) >= 11 is 6.27. The van der Waals surface area contributed by atoms with Crippen LogP contribution in [0.15, 0.2) is 44.2 Å². The van der Waals surface area contributed by atoms with Gasteiger partial charge in [0.25, 0.3) is 16.1 Å². The summed E-state index contributed by atoms with van der Waals surface area (Å²) in [5.41, 5.74) is 1.80. The number of aromatic nitrogens is 4. The second kappa shape index (κ2) is 8.46. The molecule has 0 amide bonds. The molecule has 1 aromatic carbocycles. The number of benzene rings is 1. The lowest BCUT2D eigenvalue weighted by atomic mass is 10.1. The van der Waals surface area contributed by atoms with Gasteiger partial charge in [-0.2, -0.15) is 23.2 Å². The second-order valence-electron chi connectivity index (χ2n) is 6.52. The molecule has 0 aliphatic rings. The molecule has 0 fully saturated rings. The third-order valence-corrected chi connectivity index (χ3v) is 5.47. The Labute approximate surface area is 177 Å². The fourth-order valence-electron chi connectivity index (χ4n) is 2.77. The van der Waals surface area contributed by atoms with Gasteiger partial charge < -0.3 is 0 Å². The van der Waals surface area contributed by atoms with E-state index in [1.807, 2.05) is 6.92 Å². The van der Waals surface area contributed by atoms with E-state index >= 15 is 0 Å². The number of azo groups is 1. The van der Waals surface area contributed by atoms with Crippen molar-refractivity contribution in [3.8, 4) is 5.95 Å². The van der Waals surface area contributed by atoms with Crippen LogP contribution in [0.25, 0.3) is 5.95 Å². The summed E-state index contributed by atoms with van der Waals surface area (Å²) in [5, 5.41) is 11.1. The van der Waals surface area contributed by atoms with E-state index in [0.29, 0.717) is 22.2 Å². The molecule has 2 N–H and O–H groups in total. The molecule has 3 rings (SSSR count). The van der Waals surface area contributed by atoms with Gasteiger partial charge in [0.2, 0.25) is 0 Å². The van der Waals surface area contributed by atoms with Crippen LogP contribution in [0, 0.1) is 13.8 Å². The Morgan fingerprint density at radius 1 is 1.17 bits per heavy atom. The van der Waals surface area contributed by atoms with Crippen LogP contribution in [0.3, 0.4) is 0 Å². The molecule has 0 bridgehead atoms. The molecule has 2 heterocycles. The maximum absolute atomic E-state index is 12.8. The zero-order chi connectivity index (χ0) is 22.1. The van der Waals surface area contributed by atoms with E-state index < -0.39 is 15.7 Å². The Balaban J connectivity index is 1.95. The Kier molecular flexibility index (Phi) is 6.15. The normalized spacial score (nSPS) is 12.0. The minimum absolute atomic E-state index is 0.0452. The molecule has 0 saturated carbocycles. The molecule has 0 unspecified atom stereocenters. The van der Waals surface area contributed by atoms with Crippen LogP contribution in [0.4, 0.5) is 11.4 Å². The number of aromatic amines is 1. The fraction of sp³-hybridized carbons (Fsp3) is 0.278. The summed E-state index contributed by atoms with van der Waals surface area (Å²) in [4.78, 5) is 21.1. The van der Waals surface area contributed by atoms with Gasteiger partial charge in [-0.05, 0) is 44.5 Å². The Morgan fingerprint density at radius 3 is 2.40 bits per heavy atom. The number of hydrogen-bond donors (Lipinski definition) is 2. The molecule has 0 spiro atoms. The number of aryl methyl sites for hydroxylation is 2. The minimum Gasteiger partial charge on any atom is -0.290 e. The third kappa shape index (κ3) is 4.48. The van der Waals surface area contributed by atoms with Crippen LogP contribution >= 0.6 is 11.6 Å². The average Bonchev–Trinajstić information content (AvgIpc) is 2.96. The van der Waals surface area contributed by atoms with Gasteiger partial charge in [0.05, 0.1) is 16.3 Å². The Bertz CT molecular complexity index is 1260. The maximum atomic E-state index is 12.8. The summed E-state index contributed by atoms with van der Waals surface area (Å²) in [6, 6.07) is 5.07. The highest BCUT2D eigenvalue weighted by Crippen LogP contribution is 2.22. The quantitative estimate of drug-likeness (QED) is 0.331. The molecule has 12 heteroatoms. The van der Waals surface area contributed by atoms with Crippen LogP contribution < -0.4 is 5.56 Å². The van der Waals surface area contributed by atoms with Crippen LogP contribution in [0.2, 0.25) is 5.15 Å². The molecule has 158 valence electrons. The van der Waals surface area contributed by atoms with E-state index in [2.05, 4.69) is 25.3 Å². The first-order valence-corrected chi connectivity index (χ1v) is 10.8. The van der Waals surface area contributed by atoms with E-state index in [-0.39, 0.29) is 16.5 Å². The lowest BCUT2D eigenvalue weighted by Gasteiger charge is -2.08.